The summed E-state index contributed by atoms with van der Waals surface area (Å²) < 4.78 is 4.89. The van der Waals surface area contributed by atoms with Gasteiger partial charge in [0, 0.05) is 13.6 Å². The highest BCUT2D eigenvalue weighted by atomic mass is 16.4. The second-order valence-corrected chi connectivity index (χ2v) is 3.16. The van der Waals surface area contributed by atoms with Gasteiger partial charge in [0.25, 0.3) is 0 Å². The minimum absolute atomic E-state index is 0.0269. The minimum Gasteiger partial charge on any atom is -0.390 e. The van der Waals surface area contributed by atoms with Gasteiger partial charge in [0.05, 0.1) is 0 Å². The molecule has 0 fully saturated rings. The number of nitrogens with one attached hydrogen (secondary N) is 1. The average molecular weight is 213 g/mol. The van der Waals surface area contributed by atoms with E-state index in [0.717, 1.165) is 0 Å². The first kappa shape index (κ1) is 11.3. The van der Waals surface area contributed by atoms with Gasteiger partial charge in [0.2, 0.25) is 5.91 Å². The number of anilines is 2. The van der Waals surface area contributed by atoms with Crippen molar-refractivity contribution >= 4 is 17.9 Å². The number of carbonyl (C=O) groups excluding carboxylic acids is 1. The summed E-state index contributed by atoms with van der Waals surface area (Å²) in [5, 5.41) is 9.83. The van der Waals surface area contributed by atoms with Gasteiger partial charge < -0.3 is 20.4 Å². The van der Waals surface area contributed by atoms with Crippen LogP contribution in [0.5, 0.6) is 0 Å². The molecule has 0 aliphatic heterocycles. The Labute approximate surface area is 87.6 Å². The van der Waals surface area contributed by atoms with E-state index in [1.54, 1.807) is 18.9 Å². The predicted octanol–water partition coefficient (Wildman–Crippen LogP) is -0.0695. The van der Waals surface area contributed by atoms with E-state index in [0.29, 0.717) is 6.54 Å². The van der Waals surface area contributed by atoms with Crippen LogP contribution in [0.1, 0.15) is 13.8 Å². The third-order valence-corrected chi connectivity index (χ3v) is 2.00. The zero-order chi connectivity index (χ0) is 11.4. The molecular weight excluding hydrogens is 198 g/mol. The summed E-state index contributed by atoms with van der Waals surface area (Å²) in [7, 11) is 1.72. The molecule has 0 aliphatic rings. The van der Waals surface area contributed by atoms with Crippen LogP contribution in [-0.2, 0) is 4.79 Å². The molecule has 7 heteroatoms. The molecule has 0 saturated heterocycles. The quantitative estimate of drug-likeness (QED) is 0.726. The summed E-state index contributed by atoms with van der Waals surface area (Å²) in [5.74, 6) is -0.0470. The van der Waals surface area contributed by atoms with Crippen LogP contribution >= 0.6 is 0 Å². The number of hydrogen-bond donors (Lipinski definition) is 2. The number of likely N-dealkylation sites (N-methyl/N-ethyl adjacent to an activating group) is 1. The first-order valence-corrected chi connectivity index (χ1v) is 4.65. The molecule has 1 rings (SSSR count). The van der Waals surface area contributed by atoms with Crippen LogP contribution in [0, 0.1) is 0 Å². The Hall–Kier alpha value is -1.79. The van der Waals surface area contributed by atoms with Crippen molar-refractivity contribution in [2.45, 2.75) is 19.9 Å². The van der Waals surface area contributed by atoms with E-state index in [-0.39, 0.29) is 17.9 Å². The van der Waals surface area contributed by atoms with Crippen LogP contribution in [0.25, 0.3) is 0 Å². The van der Waals surface area contributed by atoms with Gasteiger partial charge in [-0.3, -0.25) is 4.79 Å². The number of nitrogen functional groups attached to an aromatic ring is 1. The first-order chi connectivity index (χ1) is 7.04. The summed E-state index contributed by atoms with van der Waals surface area (Å²) in [6.07, 6.45) is 0. The fourth-order valence-corrected chi connectivity index (χ4v) is 1.03. The highest BCUT2D eigenvalue weighted by molar-refractivity contribution is 5.83. The molecule has 7 nitrogen and oxygen atoms in total. The van der Waals surface area contributed by atoms with Gasteiger partial charge in [0.15, 0.2) is 0 Å². The summed E-state index contributed by atoms with van der Waals surface area (Å²) in [4.78, 5) is 13.2. The lowest BCUT2D eigenvalue weighted by atomic mass is 10.3. The van der Waals surface area contributed by atoms with Crippen LogP contribution in [0.15, 0.2) is 4.42 Å². The van der Waals surface area contributed by atoms with Crippen LogP contribution in [0.4, 0.5) is 12.0 Å². The molecule has 1 aromatic heterocycles. The van der Waals surface area contributed by atoms with Crippen molar-refractivity contribution < 1.29 is 9.21 Å². The van der Waals surface area contributed by atoms with Crippen LogP contribution in [-0.4, -0.2) is 40.6 Å². The fourth-order valence-electron chi connectivity index (χ4n) is 1.03. The maximum Gasteiger partial charge on any atom is 0.317 e. The molecular formula is C8H15N5O2. The van der Waals surface area contributed by atoms with Crippen molar-refractivity contribution in [1.82, 2.24) is 15.1 Å². The van der Waals surface area contributed by atoms with Crippen molar-refractivity contribution in [3.63, 3.8) is 0 Å². The number of amides is 1. The fraction of sp³-hybridized carbons (Fsp3) is 0.625. The molecule has 0 bridgehead atoms. The van der Waals surface area contributed by atoms with Crippen molar-refractivity contribution in [1.29, 1.82) is 0 Å². The second-order valence-electron chi connectivity index (χ2n) is 3.16. The van der Waals surface area contributed by atoms with Crippen molar-refractivity contribution in [3.8, 4) is 0 Å². The third-order valence-electron chi connectivity index (χ3n) is 2.00. The Morgan fingerprint density at radius 2 is 2.33 bits per heavy atom. The molecule has 0 aliphatic carbocycles. The Morgan fingerprint density at radius 1 is 1.67 bits per heavy atom. The third kappa shape index (κ3) is 2.83. The summed E-state index contributed by atoms with van der Waals surface area (Å²) in [6.45, 7) is 4.26. The Morgan fingerprint density at radius 3 is 2.80 bits per heavy atom. The van der Waals surface area contributed by atoms with Gasteiger partial charge in [-0.1, -0.05) is 10.2 Å². The number of rotatable bonds is 4. The molecule has 1 aromatic rings. The first-order valence-electron chi connectivity index (χ1n) is 4.65. The van der Waals surface area contributed by atoms with Gasteiger partial charge in [0.1, 0.15) is 6.04 Å². The smallest absolute Gasteiger partial charge is 0.317 e. The summed E-state index contributed by atoms with van der Waals surface area (Å²) >= 11 is 0. The summed E-state index contributed by atoms with van der Waals surface area (Å²) in [5.41, 5.74) is 5.24. The lowest BCUT2D eigenvalue weighted by Gasteiger charge is -2.19. The molecule has 0 saturated carbocycles. The monoisotopic (exact) mass is 213 g/mol. The highest BCUT2D eigenvalue weighted by Crippen LogP contribution is 2.08. The number of aromatic nitrogens is 2. The van der Waals surface area contributed by atoms with Gasteiger partial charge >= 0.3 is 12.0 Å². The molecule has 0 spiro atoms. The van der Waals surface area contributed by atoms with Gasteiger partial charge in [-0.15, -0.1) is 0 Å². The SMILES string of the molecule is CCN(C)C(=O)C(C)Nc1nnc(N)o1. The molecule has 0 aromatic carbocycles. The Balaban J connectivity index is 2.55. The molecule has 1 unspecified atom stereocenters. The van der Waals surface area contributed by atoms with Gasteiger partial charge in [-0.05, 0) is 13.8 Å². The minimum atomic E-state index is -0.421. The Bertz CT molecular complexity index is 338. The molecule has 15 heavy (non-hydrogen) atoms. The zero-order valence-corrected chi connectivity index (χ0v) is 9.02. The van der Waals surface area contributed by atoms with E-state index in [1.165, 1.54) is 0 Å². The Kier molecular flexibility index (Phi) is 3.48. The summed E-state index contributed by atoms with van der Waals surface area (Å²) in [6, 6.07) is -0.298. The molecule has 1 atom stereocenters. The standard InChI is InChI=1S/C8H15N5O2/c1-4-13(3)6(14)5(2)10-8-12-11-7(9)15-8/h5H,4H2,1-3H3,(H2,9,11)(H,10,12). The van der Waals surface area contributed by atoms with E-state index >= 15 is 0 Å². The largest absolute Gasteiger partial charge is 0.390 e. The number of nitrogens with zero attached hydrogens (tertiary/aromatic N) is 3. The molecule has 1 heterocycles. The molecule has 0 radical (unpaired) electrons. The van der Waals surface area contributed by atoms with Crippen molar-refractivity contribution in [2.24, 2.45) is 0 Å². The normalized spacial score (nSPS) is 12.2. The lowest BCUT2D eigenvalue weighted by Crippen LogP contribution is -2.38. The lowest BCUT2D eigenvalue weighted by molar-refractivity contribution is -0.130. The zero-order valence-electron chi connectivity index (χ0n) is 9.02. The van der Waals surface area contributed by atoms with Crippen molar-refractivity contribution in [3.05, 3.63) is 0 Å². The molecule has 3 N–H and O–H groups in total. The van der Waals surface area contributed by atoms with Crippen LogP contribution < -0.4 is 11.1 Å². The highest BCUT2D eigenvalue weighted by Gasteiger charge is 2.18. The van der Waals surface area contributed by atoms with E-state index in [1.807, 2.05) is 6.92 Å². The molecule has 84 valence electrons. The van der Waals surface area contributed by atoms with Gasteiger partial charge in [-0.2, -0.15) is 0 Å². The van der Waals surface area contributed by atoms with Crippen molar-refractivity contribution in [2.75, 3.05) is 24.6 Å². The average Bonchev–Trinajstić information content (AvgIpc) is 2.61. The van der Waals surface area contributed by atoms with E-state index in [4.69, 9.17) is 10.2 Å². The predicted molar refractivity (Wildman–Crippen MR) is 55.1 cm³/mol. The molecule has 1 amide bonds. The van der Waals surface area contributed by atoms with Gasteiger partial charge in [-0.25, -0.2) is 0 Å². The number of hydrogen-bond acceptors (Lipinski definition) is 6. The van der Waals surface area contributed by atoms with Crippen LogP contribution in [0.2, 0.25) is 0 Å². The number of nitrogens with two attached hydrogens (primary N) is 1. The maximum absolute atomic E-state index is 11.6. The number of carbonyl (C=O) groups is 1. The van der Waals surface area contributed by atoms with E-state index < -0.39 is 6.04 Å². The maximum atomic E-state index is 11.6. The topological polar surface area (TPSA) is 97.3 Å². The van der Waals surface area contributed by atoms with Crippen LogP contribution in [0.3, 0.4) is 0 Å². The second kappa shape index (κ2) is 4.63. The van der Waals surface area contributed by atoms with E-state index in [2.05, 4.69) is 15.5 Å². The van der Waals surface area contributed by atoms with E-state index in [9.17, 15) is 4.79 Å².